The van der Waals surface area contributed by atoms with Gasteiger partial charge in [-0.3, -0.25) is 19.4 Å². The fourth-order valence-corrected chi connectivity index (χ4v) is 2.25. The number of aromatic amines is 2. The molecule has 0 spiro atoms. The second kappa shape index (κ2) is 5.09. The summed E-state index contributed by atoms with van der Waals surface area (Å²) in [7, 11) is 0. The highest BCUT2D eigenvalue weighted by Crippen LogP contribution is 2.25. The van der Waals surface area contributed by atoms with E-state index < -0.39 is 35.1 Å². The average molecular weight is 267 g/mol. The van der Waals surface area contributed by atoms with Crippen LogP contribution < -0.4 is 16.6 Å². The summed E-state index contributed by atoms with van der Waals surface area (Å²) in [6, 6.07) is -0.490. The van der Waals surface area contributed by atoms with E-state index in [0.717, 1.165) is 6.20 Å². The Labute approximate surface area is 106 Å². The van der Waals surface area contributed by atoms with Crippen LogP contribution in [0.15, 0.2) is 15.8 Å². The van der Waals surface area contributed by atoms with Crippen molar-refractivity contribution in [3.05, 3.63) is 32.6 Å². The molecule has 1 aromatic heterocycles. The van der Waals surface area contributed by atoms with E-state index in [1.807, 2.05) is 4.98 Å². The van der Waals surface area contributed by atoms with Gasteiger partial charge in [-0.15, -0.1) is 0 Å². The molecule has 1 aliphatic carbocycles. The SMILES string of the molecule is O=C(NC1CCCC1C(=O)O)c1c[nH]c(=O)[nH]c1=O. The number of H-pyrrole nitrogens is 2. The Morgan fingerprint density at radius 1 is 1.32 bits per heavy atom. The van der Waals surface area contributed by atoms with E-state index in [1.54, 1.807) is 0 Å². The van der Waals surface area contributed by atoms with Gasteiger partial charge in [-0.2, -0.15) is 0 Å². The number of hydrogen-bond acceptors (Lipinski definition) is 4. The van der Waals surface area contributed by atoms with Crippen LogP contribution in [-0.2, 0) is 4.79 Å². The minimum atomic E-state index is -0.960. The Hall–Kier alpha value is -2.38. The molecular formula is C11H13N3O5. The van der Waals surface area contributed by atoms with Crippen molar-refractivity contribution in [1.29, 1.82) is 0 Å². The van der Waals surface area contributed by atoms with E-state index in [1.165, 1.54) is 0 Å². The first-order valence-corrected chi connectivity index (χ1v) is 5.84. The summed E-state index contributed by atoms with van der Waals surface area (Å²) >= 11 is 0. The molecule has 0 saturated heterocycles. The number of carbonyl (C=O) groups excluding carboxylic acids is 1. The lowest BCUT2D eigenvalue weighted by atomic mass is 10.0. The number of nitrogens with one attached hydrogen (secondary N) is 3. The van der Waals surface area contributed by atoms with Gasteiger partial charge in [0.25, 0.3) is 11.5 Å². The third-order valence-electron chi connectivity index (χ3n) is 3.21. The Balaban J connectivity index is 2.15. The van der Waals surface area contributed by atoms with Gasteiger partial charge >= 0.3 is 11.7 Å². The number of amides is 1. The fraction of sp³-hybridized carbons (Fsp3) is 0.455. The van der Waals surface area contributed by atoms with Crippen LogP contribution in [0.5, 0.6) is 0 Å². The van der Waals surface area contributed by atoms with Gasteiger partial charge in [-0.25, -0.2) is 4.79 Å². The summed E-state index contributed by atoms with van der Waals surface area (Å²) in [5.74, 6) is -2.28. The predicted octanol–water partition coefficient (Wildman–Crippen LogP) is -0.954. The first-order chi connectivity index (χ1) is 8.99. The zero-order valence-electron chi connectivity index (χ0n) is 9.93. The topological polar surface area (TPSA) is 132 Å². The van der Waals surface area contributed by atoms with Crippen LogP contribution >= 0.6 is 0 Å². The largest absolute Gasteiger partial charge is 0.481 e. The Morgan fingerprint density at radius 2 is 2.05 bits per heavy atom. The van der Waals surface area contributed by atoms with Gasteiger partial charge in [0, 0.05) is 12.2 Å². The summed E-state index contributed by atoms with van der Waals surface area (Å²) in [6.07, 6.45) is 2.79. The summed E-state index contributed by atoms with van der Waals surface area (Å²) in [5.41, 5.74) is -1.74. The number of hydrogen-bond donors (Lipinski definition) is 4. The maximum Gasteiger partial charge on any atom is 0.325 e. The number of aliphatic carboxylic acids is 1. The number of carboxylic acids is 1. The Kier molecular flexibility index (Phi) is 3.50. The van der Waals surface area contributed by atoms with Crippen LogP contribution in [-0.4, -0.2) is 33.0 Å². The smallest absolute Gasteiger partial charge is 0.325 e. The highest BCUT2D eigenvalue weighted by atomic mass is 16.4. The highest BCUT2D eigenvalue weighted by molar-refractivity contribution is 5.94. The average Bonchev–Trinajstić information content (AvgIpc) is 2.76. The van der Waals surface area contributed by atoms with Crippen molar-refractivity contribution in [2.45, 2.75) is 25.3 Å². The normalized spacial score (nSPS) is 22.1. The summed E-state index contributed by atoms with van der Waals surface area (Å²) in [5, 5.41) is 11.5. The van der Waals surface area contributed by atoms with E-state index in [-0.39, 0.29) is 5.56 Å². The van der Waals surface area contributed by atoms with Crippen LogP contribution in [0.1, 0.15) is 29.6 Å². The van der Waals surface area contributed by atoms with E-state index in [9.17, 15) is 19.2 Å². The Morgan fingerprint density at radius 3 is 2.68 bits per heavy atom. The molecule has 0 radical (unpaired) electrons. The molecule has 2 atom stereocenters. The number of rotatable bonds is 3. The summed E-state index contributed by atoms with van der Waals surface area (Å²) in [6.45, 7) is 0. The molecule has 19 heavy (non-hydrogen) atoms. The summed E-state index contributed by atoms with van der Waals surface area (Å²) in [4.78, 5) is 49.2. The zero-order chi connectivity index (χ0) is 14.0. The molecule has 4 N–H and O–H groups in total. The van der Waals surface area contributed by atoms with Crippen molar-refractivity contribution in [2.24, 2.45) is 5.92 Å². The molecule has 0 aliphatic heterocycles. The van der Waals surface area contributed by atoms with Crippen molar-refractivity contribution in [2.75, 3.05) is 0 Å². The minimum absolute atomic E-state index is 0.240. The maximum absolute atomic E-state index is 11.9. The van der Waals surface area contributed by atoms with Crippen LogP contribution in [0.4, 0.5) is 0 Å². The van der Waals surface area contributed by atoms with E-state index in [4.69, 9.17) is 5.11 Å². The molecule has 1 heterocycles. The molecule has 1 amide bonds. The van der Waals surface area contributed by atoms with Gasteiger partial charge in [-0.1, -0.05) is 6.42 Å². The third kappa shape index (κ3) is 2.72. The van der Waals surface area contributed by atoms with Gasteiger partial charge in [0.2, 0.25) is 0 Å². The molecule has 2 unspecified atom stereocenters. The van der Waals surface area contributed by atoms with Crippen LogP contribution in [0, 0.1) is 5.92 Å². The lowest BCUT2D eigenvalue weighted by Crippen LogP contribution is -2.42. The monoisotopic (exact) mass is 267 g/mol. The van der Waals surface area contributed by atoms with Crippen LogP contribution in [0.25, 0.3) is 0 Å². The molecule has 102 valence electrons. The van der Waals surface area contributed by atoms with Gasteiger partial charge < -0.3 is 15.4 Å². The quantitative estimate of drug-likeness (QED) is 0.560. The highest BCUT2D eigenvalue weighted by Gasteiger charge is 2.34. The van der Waals surface area contributed by atoms with E-state index in [0.29, 0.717) is 19.3 Å². The van der Waals surface area contributed by atoms with Crippen molar-refractivity contribution in [3.8, 4) is 0 Å². The van der Waals surface area contributed by atoms with Crippen molar-refractivity contribution < 1.29 is 14.7 Å². The summed E-state index contributed by atoms with van der Waals surface area (Å²) < 4.78 is 0. The molecule has 8 heteroatoms. The number of carboxylic acid groups (broad SMARTS) is 1. The molecule has 2 rings (SSSR count). The lowest BCUT2D eigenvalue weighted by molar-refractivity contribution is -0.142. The third-order valence-corrected chi connectivity index (χ3v) is 3.21. The number of aromatic nitrogens is 2. The van der Waals surface area contributed by atoms with Crippen LogP contribution in [0.2, 0.25) is 0 Å². The second-order valence-corrected chi connectivity index (χ2v) is 4.44. The van der Waals surface area contributed by atoms with E-state index >= 15 is 0 Å². The zero-order valence-corrected chi connectivity index (χ0v) is 9.93. The molecule has 0 aromatic carbocycles. The second-order valence-electron chi connectivity index (χ2n) is 4.44. The van der Waals surface area contributed by atoms with Crippen molar-refractivity contribution >= 4 is 11.9 Å². The number of carbonyl (C=O) groups is 2. The fourth-order valence-electron chi connectivity index (χ4n) is 2.25. The van der Waals surface area contributed by atoms with Gasteiger partial charge in [-0.05, 0) is 12.8 Å². The lowest BCUT2D eigenvalue weighted by Gasteiger charge is -2.17. The molecule has 1 saturated carbocycles. The first-order valence-electron chi connectivity index (χ1n) is 5.84. The first kappa shape index (κ1) is 13.1. The molecular weight excluding hydrogens is 254 g/mol. The molecule has 1 aromatic rings. The maximum atomic E-state index is 11.9. The molecule has 8 nitrogen and oxygen atoms in total. The standard InChI is InChI=1S/C11H13N3O5/c15-8(6-4-12-11(19)14-9(6)16)13-7-3-1-2-5(7)10(17)18/h4-5,7H,1-3H2,(H,13,15)(H,17,18)(H2,12,14,16,19). The van der Waals surface area contributed by atoms with E-state index in [2.05, 4.69) is 10.3 Å². The molecule has 0 bridgehead atoms. The van der Waals surface area contributed by atoms with Gasteiger partial charge in [0.15, 0.2) is 0 Å². The van der Waals surface area contributed by atoms with Crippen LogP contribution in [0.3, 0.4) is 0 Å². The minimum Gasteiger partial charge on any atom is -0.481 e. The van der Waals surface area contributed by atoms with Gasteiger partial charge in [0.1, 0.15) is 5.56 Å². The Bertz CT molecular complexity index is 617. The molecule has 1 aliphatic rings. The van der Waals surface area contributed by atoms with Crippen molar-refractivity contribution in [3.63, 3.8) is 0 Å². The van der Waals surface area contributed by atoms with Crippen molar-refractivity contribution in [1.82, 2.24) is 15.3 Å². The predicted molar refractivity (Wildman–Crippen MR) is 63.9 cm³/mol. The van der Waals surface area contributed by atoms with Gasteiger partial charge in [0.05, 0.1) is 5.92 Å². The molecule has 1 fully saturated rings.